The van der Waals surface area contributed by atoms with E-state index in [0.29, 0.717) is 17.9 Å². The largest absolute Gasteiger partial charge is 0.494 e. The zero-order chi connectivity index (χ0) is 15.0. The Balaban J connectivity index is 2.32. The van der Waals surface area contributed by atoms with Crippen LogP contribution in [0.1, 0.15) is 40.2 Å². The lowest BCUT2D eigenvalue weighted by Crippen LogP contribution is -2.41. The zero-order valence-corrected chi connectivity index (χ0v) is 12.7. The van der Waals surface area contributed by atoms with Crippen molar-refractivity contribution in [3.05, 3.63) is 23.8 Å². The van der Waals surface area contributed by atoms with E-state index >= 15 is 0 Å². The topological polar surface area (TPSA) is 51.5 Å². The third-order valence-electron chi connectivity index (χ3n) is 3.95. The molecular formula is C15H20BNO3. The van der Waals surface area contributed by atoms with Gasteiger partial charge in [0.1, 0.15) is 11.8 Å². The van der Waals surface area contributed by atoms with Crippen molar-refractivity contribution in [1.29, 1.82) is 5.26 Å². The first kappa shape index (κ1) is 14.9. The van der Waals surface area contributed by atoms with E-state index in [9.17, 15) is 0 Å². The Bertz CT molecular complexity index is 533. The van der Waals surface area contributed by atoms with Gasteiger partial charge in [-0.3, -0.25) is 0 Å². The van der Waals surface area contributed by atoms with E-state index in [0.717, 1.165) is 5.46 Å². The summed E-state index contributed by atoms with van der Waals surface area (Å²) in [6.45, 7) is 10.5. The summed E-state index contributed by atoms with van der Waals surface area (Å²) in [6, 6.07) is 7.54. The van der Waals surface area contributed by atoms with Gasteiger partial charge in [0.25, 0.3) is 0 Å². The van der Waals surface area contributed by atoms with E-state index in [1.54, 1.807) is 6.07 Å². The van der Waals surface area contributed by atoms with Crippen LogP contribution in [0.3, 0.4) is 0 Å². The quantitative estimate of drug-likeness (QED) is 0.793. The van der Waals surface area contributed by atoms with Gasteiger partial charge < -0.3 is 14.0 Å². The fraction of sp³-hybridized carbons (Fsp3) is 0.533. The summed E-state index contributed by atoms with van der Waals surface area (Å²) in [4.78, 5) is 0. The van der Waals surface area contributed by atoms with Gasteiger partial charge in [0, 0.05) is 0 Å². The molecule has 0 aromatic heterocycles. The summed E-state index contributed by atoms with van der Waals surface area (Å²) in [5, 5.41) is 9.07. The van der Waals surface area contributed by atoms with Gasteiger partial charge in [0.15, 0.2) is 0 Å². The molecule has 0 radical (unpaired) electrons. The first-order chi connectivity index (χ1) is 9.30. The van der Waals surface area contributed by atoms with Crippen LogP contribution in [0.15, 0.2) is 18.2 Å². The molecule has 0 amide bonds. The SMILES string of the molecule is CCOc1cc(B2OC(C)(C)C(C)(C)O2)ccc1C#N. The van der Waals surface area contributed by atoms with Crippen molar-refractivity contribution in [3.63, 3.8) is 0 Å². The maximum Gasteiger partial charge on any atom is 0.494 e. The minimum absolute atomic E-state index is 0.378. The predicted molar refractivity (Wildman–Crippen MR) is 78.0 cm³/mol. The molecule has 4 nitrogen and oxygen atoms in total. The first-order valence-electron chi connectivity index (χ1n) is 6.83. The molecule has 1 aromatic carbocycles. The van der Waals surface area contributed by atoms with Gasteiger partial charge in [-0.25, -0.2) is 0 Å². The van der Waals surface area contributed by atoms with Crippen molar-refractivity contribution < 1.29 is 14.0 Å². The van der Waals surface area contributed by atoms with Gasteiger partial charge >= 0.3 is 7.12 Å². The molecular weight excluding hydrogens is 253 g/mol. The van der Waals surface area contributed by atoms with E-state index in [-0.39, 0.29) is 11.2 Å². The van der Waals surface area contributed by atoms with Crippen molar-refractivity contribution in [3.8, 4) is 11.8 Å². The second-order valence-corrected chi connectivity index (χ2v) is 5.89. The summed E-state index contributed by atoms with van der Waals surface area (Å²) in [6.07, 6.45) is 0. The van der Waals surface area contributed by atoms with Crippen LogP contribution >= 0.6 is 0 Å². The minimum atomic E-state index is -0.438. The third-order valence-corrected chi connectivity index (χ3v) is 3.95. The summed E-state index contributed by atoms with van der Waals surface area (Å²) in [5.41, 5.74) is 0.632. The Hall–Kier alpha value is -1.51. The van der Waals surface area contributed by atoms with Crippen LogP contribution in [0.4, 0.5) is 0 Å². The zero-order valence-electron chi connectivity index (χ0n) is 12.7. The Labute approximate surface area is 120 Å². The molecule has 0 saturated carbocycles. The van der Waals surface area contributed by atoms with E-state index in [1.807, 2.05) is 46.8 Å². The highest BCUT2D eigenvalue weighted by atomic mass is 16.7. The van der Waals surface area contributed by atoms with Gasteiger partial charge in [0.05, 0.1) is 23.4 Å². The molecule has 0 aliphatic carbocycles. The third kappa shape index (κ3) is 2.54. The predicted octanol–water partition coefficient (Wildman–Crippen LogP) is 2.26. The van der Waals surface area contributed by atoms with E-state index < -0.39 is 7.12 Å². The fourth-order valence-corrected chi connectivity index (χ4v) is 2.03. The maximum absolute atomic E-state index is 9.07. The van der Waals surface area contributed by atoms with Crippen LogP contribution in [-0.4, -0.2) is 24.9 Å². The van der Waals surface area contributed by atoms with Crippen molar-refractivity contribution in [1.82, 2.24) is 0 Å². The highest BCUT2D eigenvalue weighted by Crippen LogP contribution is 2.36. The second-order valence-electron chi connectivity index (χ2n) is 5.89. The standard InChI is InChI=1S/C15H20BNO3/c1-6-18-13-9-12(8-7-11(13)10-17)16-19-14(2,3)15(4,5)20-16/h7-9H,6H2,1-5H3. The highest BCUT2D eigenvalue weighted by Gasteiger charge is 2.51. The number of hydrogen-bond acceptors (Lipinski definition) is 4. The molecule has 0 spiro atoms. The van der Waals surface area contributed by atoms with Gasteiger partial charge in [0.2, 0.25) is 0 Å². The fourth-order valence-electron chi connectivity index (χ4n) is 2.03. The van der Waals surface area contributed by atoms with Crippen molar-refractivity contribution in [2.75, 3.05) is 6.61 Å². The normalized spacial score (nSPS) is 19.7. The monoisotopic (exact) mass is 273 g/mol. The summed E-state index contributed by atoms with van der Waals surface area (Å²) in [7, 11) is -0.438. The van der Waals surface area contributed by atoms with Crippen LogP contribution in [0, 0.1) is 11.3 Å². The maximum atomic E-state index is 9.07. The van der Waals surface area contributed by atoms with Gasteiger partial charge in [-0.05, 0) is 52.2 Å². The molecule has 0 N–H and O–H groups in total. The number of nitriles is 1. The number of benzene rings is 1. The number of hydrogen-bond donors (Lipinski definition) is 0. The van der Waals surface area contributed by atoms with Gasteiger partial charge in [-0.2, -0.15) is 5.26 Å². The molecule has 0 atom stereocenters. The van der Waals surface area contributed by atoms with Crippen LogP contribution in [0.5, 0.6) is 5.75 Å². The Kier molecular flexibility index (Phi) is 3.81. The molecule has 106 valence electrons. The lowest BCUT2D eigenvalue weighted by molar-refractivity contribution is 0.00578. The van der Waals surface area contributed by atoms with Crippen LogP contribution < -0.4 is 10.2 Å². The summed E-state index contributed by atoms with van der Waals surface area (Å²) in [5.74, 6) is 0.571. The number of nitrogens with zero attached hydrogens (tertiary/aromatic N) is 1. The van der Waals surface area contributed by atoms with Crippen molar-refractivity contribution in [2.45, 2.75) is 45.8 Å². The van der Waals surface area contributed by atoms with Gasteiger partial charge in [-0.15, -0.1) is 0 Å². The lowest BCUT2D eigenvalue weighted by atomic mass is 9.78. The van der Waals surface area contributed by atoms with E-state index in [2.05, 4.69) is 6.07 Å². The van der Waals surface area contributed by atoms with Crippen LogP contribution in [0.2, 0.25) is 0 Å². The molecule has 1 aromatic rings. The Morgan fingerprint density at radius 2 is 1.80 bits per heavy atom. The van der Waals surface area contributed by atoms with Crippen molar-refractivity contribution in [2.24, 2.45) is 0 Å². The molecule has 0 unspecified atom stereocenters. The lowest BCUT2D eigenvalue weighted by Gasteiger charge is -2.32. The number of ether oxygens (including phenoxy) is 1. The Morgan fingerprint density at radius 3 is 2.30 bits per heavy atom. The molecule has 20 heavy (non-hydrogen) atoms. The smallest absolute Gasteiger partial charge is 0.493 e. The molecule has 1 aliphatic heterocycles. The summed E-state index contributed by atoms with van der Waals surface area (Å²) < 4.78 is 17.5. The molecule has 2 rings (SSSR count). The Morgan fingerprint density at radius 1 is 1.20 bits per heavy atom. The average molecular weight is 273 g/mol. The van der Waals surface area contributed by atoms with Gasteiger partial charge in [-0.1, -0.05) is 6.07 Å². The minimum Gasteiger partial charge on any atom is -0.493 e. The molecule has 1 heterocycles. The highest BCUT2D eigenvalue weighted by molar-refractivity contribution is 6.62. The van der Waals surface area contributed by atoms with Crippen molar-refractivity contribution >= 4 is 12.6 Å². The van der Waals surface area contributed by atoms with E-state index in [1.165, 1.54) is 0 Å². The molecule has 1 aliphatic rings. The molecule has 0 bridgehead atoms. The molecule has 1 saturated heterocycles. The second kappa shape index (κ2) is 5.12. The molecule has 5 heteroatoms. The van der Waals surface area contributed by atoms with E-state index in [4.69, 9.17) is 19.3 Å². The number of rotatable bonds is 3. The average Bonchev–Trinajstić information content (AvgIpc) is 2.59. The summed E-state index contributed by atoms with van der Waals surface area (Å²) >= 11 is 0. The van der Waals surface area contributed by atoms with Crippen LogP contribution in [-0.2, 0) is 9.31 Å². The van der Waals surface area contributed by atoms with Crippen LogP contribution in [0.25, 0.3) is 0 Å². The molecule has 1 fully saturated rings. The first-order valence-corrected chi connectivity index (χ1v) is 6.83.